The molecule has 2 aromatic rings. The lowest BCUT2D eigenvalue weighted by molar-refractivity contribution is 0.301. The van der Waals surface area contributed by atoms with Crippen LogP contribution in [-0.4, -0.2) is 10.5 Å². The van der Waals surface area contributed by atoms with Gasteiger partial charge >= 0.3 is 0 Å². The van der Waals surface area contributed by atoms with Crippen molar-refractivity contribution in [2.45, 2.75) is 39.5 Å². The number of nitrogens with one attached hydrogen (secondary N) is 1. The first-order valence-electron chi connectivity index (χ1n) is 7.01. The van der Waals surface area contributed by atoms with Gasteiger partial charge in [0.15, 0.2) is 0 Å². The van der Waals surface area contributed by atoms with Crippen LogP contribution in [0.25, 0.3) is 0 Å². The van der Waals surface area contributed by atoms with E-state index in [9.17, 15) is 0 Å². The van der Waals surface area contributed by atoms with Crippen LogP contribution in [0.4, 0.5) is 0 Å². The van der Waals surface area contributed by atoms with E-state index < -0.39 is 0 Å². The summed E-state index contributed by atoms with van der Waals surface area (Å²) in [5.41, 5.74) is 1.97. The molecular weight excluding hydrogens is 284 g/mol. The molecule has 0 unspecified atom stereocenters. The van der Waals surface area contributed by atoms with Crippen molar-refractivity contribution in [3.05, 3.63) is 58.9 Å². The topological polar surface area (TPSA) is 34.1 Å². The molecule has 112 valence electrons. The quantitative estimate of drug-likeness (QED) is 0.899. The van der Waals surface area contributed by atoms with Crippen LogP contribution in [0.1, 0.15) is 32.2 Å². The van der Waals surface area contributed by atoms with Crippen LogP contribution in [0.5, 0.6) is 5.75 Å². The summed E-state index contributed by atoms with van der Waals surface area (Å²) in [6.07, 6.45) is 0. The Bertz CT molecular complexity index is 593. The van der Waals surface area contributed by atoms with Gasteiger partial charge in [-0.2, -0.15) is 0 Å². The monoisotopic (exact) mass is 304 g/mol. The minimum atomic E-state index is 0.0751. The third-order valence-electron chi connectivity index (χ3n) is 2.88. The third kappa shape index (κ3) is 5.37. The van der Waals surface area contributed by atoms with E-state index in [2.05, 4.69) is 31.1 Å². The van der Waals surface area contributed by atoms with Crippen LogP contribution in [0.3, 0.4) is 0 Å². The molecular formula is C17H21ClN2O. The van der Waals surface area contributed by atoms with Gasteiger partial charge in [-0.15, -0.1) is 0 Å². The van der Waals surface area contributed by atoms with Gasteiger partial charge in [-0.1, -0.05) is 29.8 Å². The molecule has 0 aliphatic carbocycles. The van der Waals surface area contributed by atoms with Crippen molar-refractivity contribution in [2.24, 2.45) is 0 Å². The van der Waals surface area contributed by atoms with Crippen LogP contribution >= 0.6 is 11.6 Å². The molecule has 0 atom stereocenters. The van der Waals surface area contributed by atoms with Crippen LogP contribution in [0.15, 0.2) is 42.5 Å². The second-order valence-electron chi connectivity index (χ2n) is 5.94. The van der Waals surface area contributed by atoms with E-state index in [-0.39, 0.29) is 5.54 Å². The molecule has 0 aliphatic heterocycles. The normalized spacial score (nSPS) is 11.4. The van der Waals surface area contributed by atoms with Crippen molar-refractivity contribution in [1.29, 1.82) is 0 Å². The van der Waals surface area contributed by atoms with E-state index in [1.807, 2.05) is 42.5 Å². The summed E-state index contributed by atoms with van der Waals surface area (Å²) in [6, 6.07) is 13.4. The highest BCUT2D eigenvalue weighted by Gasteiger charge is 2.09. The van der Waals surface area contributed by atoms with Gasteiger partial charge in [0.25, 0.3) is 0 Å². The van der Waals surface area contributed by atoms with E-state index in [1.165, 1.54) is 0 Å². The molecule has 2 rings (SSSR count). The van der Waals surface area contributed by atoms with Crippen LogP contribution in [-0.2, 0) is 13.2 Å². The number of ether oxygens (including phenoxy) is 1. The molecule has 1 heterocycles. The zero-order chi connectivity index (χ0) is 15.3. The van der Waals surface area contributed by atoms with Gasteiger partial charge in [-0.3, -0.25) is 4.98 Å². The lowest BCUT2D eigenvalue weighted by Gasteiger charge is -2.20. The van der Waals surface area contributed by atoms with Gasteiger partial charge in [0.05, 0.1) is 16.4 Å². The molecule has 0 amide bonds. The fourth-order valence-electron chi connectivity index (χ4n) is 1.78. The third-order valence-corrected chi connectivity index (χ3v) is 3.19. The molecule has 0 radical (unpaired) electrons. The van der Waals surface area contributed by atoms with E-state index in [0.717, 1.165) is 17.9 Å². The molecule has 0 spiro atoms. The number of hydrogen-bond donors (Lipinski definition) is 1. The van der Waals surface area contributed by atoms with Gasteiger partial charge in [-0.05, 0) is 45.0 Å². The maximum Gasteiger partial charge on any atom is 0.138 e. The lowest BCUT2D eigenvalue weighted by Crippen LogP contribution is -2.35. The predicted molar refractivity (Wildman–Crippen MR) is 86.6 cm³/mol. The lowest BCUT2D eigenvalue weighted by atomic mass is 10.1. The first-order chi connectivity index (χ1) is 9.94. The Morgan fingerprint density at radius 3 is 2.48 bits per heavy atom. The molecule has 3 nitrogen and oxygen atoms in total. The Morgan fingerprint density at radius 2 is 1.76 bits per heavy atom. The fourth-order valence-corrected chi connectivity index (χ4v) is 1.97. The first-order valence-corrected chi connectivity index (χ1v) is 7.39. The van der Waals surface area contributed by atoms with Crippen LogP contribution < -0.4 is 10.1 Å². The Labute approximate surface area is 131 Å². The van der Waals surface area contributed by atoms with Gasteiger partial charge < -0.3 is 10.1 Å². The molecule has 0 saturated carbocycles. The summed E-state index contributed by atoms with van der Waals surface area (Å²) in [7, 11) is 0. The average molecular weight is 305 g/mol. The first kappa shape index (κ1) is 15.8. The number of halogens is 1. The molecule has 0 bridgehead atoms. The molecule has 0 fully saturated rings. The summed E-state index contributed by atoms with van der Waals surface area (Å²) in [5, 5.41) is 4.04. The molecule has 1 N–H and O–H groups in total. The Balaban J connectivity index is 1.96. The van der Waals surface area contributed by atoms with Gasteiger partial charge in [-0.25, -0.2) is 0 Å². The highest BCUT2D eigenvalue weighted by atomic mass is 35.5. The van der Waals surface area contributed by atoms with Crippen LogP contribution in [0.2, 0.25) is 5.02 Å². The highest BCUT2D eigenvalue weighted by molar-refractivity contribution is 6.32. The number of pyridine rings is 1. The average Bonchev–Trinajstić information content (AvgIpc) is 2.44. The van der Waals surface area contributed by atoms with E-state index in [1.54, 1.807) is 0 Å². The number of rotatable bonds is 5. The molecule has 0 saturated heterocycles. The minimum absolute atomic E-state index is 0.0751. The van der Waals surface area contributed by atoms with Crippen molar-refractivity contribution in [1.82, 2.24) is 10.3 Å². The van der Waals surface area contributed by atoms with Gasteiger partial charge in [0.2, 0.25) is 0 Å². The highest BCUT2D eigenvalue weighted by Crippen LogP contribution is 2.23. The Kier molecular flexibility index (Phi) is 5.21. The Hall–Kier alpha value is -1.58. The number of benzene rings is 1. The summed E-state index contributed by atoms with van der Waals surface area (Å²) >= 11 is 6.07. The SMILES string of the molecule is CC(C)(C)NCc1cccc(COc2ccccc2Cl)n1. The molecule has 21 heavy (non-hydrogen) atoms. The van der Waals surface area contributed by atoms with Gasteiger partial charge in [0, 0.05) is 12.1 Å². The summed E-state index contributed by atoms with van der Waals surface area (Å²) in [6.45, 7) is 7.56. The fraction of sp³-hybridized carbons (Fsp3) is 0.353. The molecule has 1 aromatic heterocycles. The summed E-state index contributed by atoms with van der Waals surface area (Å²) in [4.78, 5) is 4.59. The van der Waals surface area contributed by atoms with Gasteiger partial charge in [0.1, 0.15) is 12.4 Å². The number of hydrogen-bond acceptors (Lipinski definition) is 3. The summed E-state index contributed by atoms with van der Waals surface area (Å²) in [5.74, 6) is 0.680. The van der Waals surface area contributed by atoms with Crippen molar-refractivity contribution >= 4 is 11.6 Å². The molecule has 4 heteroatoms. The van der Waals surface area contributed by atoms with Crippen LogP contribution in [0, 0.1) is 0 Å². The standard InChI is InChI=1S/C17H21ClN2O/c1-17(2,3)19-11-13-7-6-8-14(20-13)12-21-16-10-5-4-9-15(16)18/h4-10,19H,11-12H2,1-3H3. The zero-order valence-electron chi connectivity index (χ0n) is 12.7. The van der Waals surface area contributed by atoms with Crippen molar-refractivity contribution in [2.75, 3.05) is 0 Å². The number of nitrogens with zero attached hydrogens (tertiary/aromatic N) is 1. The van der Waals surface area contributed by atoms with E-state index in [0.29, 0.717) is 17.4 Å². The smallest absolute Gasteiger partial charge is 0.138 e. The zero-order valence-corrected chi connectivity index (χ0v) is 13.4. The van der Waals surface area contributed by atoms with E-state index in [4.69, 9.17) is 16.3 Å². The van der Waals surface area contributed by atoms with E-state index >= 15 is 0 Å². The maximum atomic E-state index is 6.07. The second-order valence-corrected chi connectivity index (χ2v) is 6.35. The minimum Gasteiger partial charge on any atom is -0.486 e. The summed E-state index contributed by atoms with van der Waals surface area (Å²) < 4.78 is 5.71. The largest absolute Gasteiger partial charge is 0.486 e. The predicted octanol–water partition coefficient (Wildman–Crippen LogP) is 4.20. The Morgan fingerprint density at radius 1 is 1.05 bits per heavy atom. The molecule has 1 aromatic carbocycles. The van der Waals surface area contributed by atoms with Crippen molar-refractivity contribution in [3.63, 3.8) is 0 Å². The number of aromatic nitrogens is 1. The second kappa shape index (κ2) is 6.92. The van der Waals surface area contributed by atoms with Crippen molar-refractivity contribution < 1.29 is 4.74 Å². The van der Waals surface area contributed by atoms with Crippen molar-refractivity contribution in [3.8, 4) is 5.75 Å². The molecule has 0 aliphatic rings. The number of para-hydroxylation sites is 1. The maximum absolute atomic E-state index is 6.07.